The Hall–Kier alpha value is -3.16. The number of nitrogens with zero attached hydrogens (tertiary/aromatic N) is 3. The van der Waals surface area contributed by atoms with Gasteiger partial charge in [0.2, 0.25) is 0 Å². The van der Waals surface area contributed by atoms with Gasteiger partial charge in [-0.25, -0.2) is 0 Å². The fraction of sp³-hybridized carbons (Fsp3) is 0.368. The zero-order valence-corrected chi connectivity index (χ0v) is 15.2. The standard InChI is InChI=1S/C19H20N4O4/c1-19(2,18(25)21-26)12-4-6-13(7-5-12)23-11-27-15-10-14(20-16(15)23)17(24)22-8-3-9-22/h4-7,10,20H,3,8-9,11H2,1-2H3. The van der Waals surface area contributed by atoms with E-state index in [2.05, 4.69) is 10.2 Å². The molecule has 2 aliphatic rings. The summed E-state index contributed by atoms with van der Waals surface area (Å²) in [5.74, 6) is 0.650. The molecule has 1 aromatic carbocycles. The van der Waals surface area contributed by atoms with Crippen LogP contribution in [0, 0.1) is 4.91 Å². The summed E-state index contributed by atoms with van der Waals surface area (Å²) >= 11 is 0. The minimum absolute atomic E-state index is 0.0174. The lowest BCUT2D eigenvalue weighted by molar-refractivity contribution is -0.122. The lowest BCUT2D eigenvalue weighted by atomic mass is 9.84. The maximum Gasteiger partial charge on any atom is 0.296 e. The van der Waals surface area contributed by atoms with Gasteiger partial charge in [-0.3, -0.25) is 14.5 Å². The first-order valence-electron chi connectivity index (χ1n) is 8.83. The number of rotatable bonds is 4. The molecule has 27 heavy (non-hydrogen) atoms. The minimum Gasteiger partial charge on any atom is -0.469 e. The van der Waals surface area contributed by atoms with Crippen molar-refractivity contribution < 1.29 is 14.3 Å². The Kier molecular flexibility index (Phi) is 3.98. The maximum atomic E-state index is 12.4. The highest BCUT2D eigenvalue weighted by atomic mass is 16.5. The fourth-order valence-corrected chi connectivity index (χ4v) is 3.24. The number of aromatic nitrogens is 1. The van der Waals surface area contributed by atoms with Crippen LogP contribution in [0.25, 0.3) is 0 Å². The first-order valence-corrected chi connectivity index (χ1v) is 8.83. The van der Waals surface area contributed by atoms with Crippen LogP contribution in [-0.2, 0) is 10.2 Å². The number of likely N-dealkylation sites (tertiary alicyclic amines) is 1. The maximum absolute atomic E-state index is 12.4. The van der Waals surface area contributed by atoms with Gasteiger partial charge in [-0.15, -0.1) is 4.91 Å². The number of hydrogen-bond acceptors (Lipinski definition) is 5. The van der Waals surface area contributed by atoms with E-state index in [1.807, 2.05) is 17.0 Å². The van der Waals surface area contributed by atoms with E-state index < -0.39 is 11.3 Å². The number of fused-ring (bicyclic) bond motifs is 1. The zero-order chi connectivity index (χ0) is 19.2. The van der Waals surface area contributed by atoms with Crippen molar-refractivity contribution in [3.05, 3.63) is 46.5 Å². The molecule has 0 atom stereocenters. The number of hydrogen-bond donors (Lipinski definition) is 1. The number of carbonyl (C=O) groups is 2. The molecule has 1 saturated heterocycles. The molecule has 0 aliphatic carbocycles. The summed E-state index contributed by atoms with van der Waals surface area (Å²) in [4.78, 5) is 41.6. The van der Waals surface area contributed by atoms with Crippen molar-refractivity contribution >= 4 is 23.3 Å². The number of H-pyrrole nitrogens is 1. The number of aromatic amines is 1. The van der Waals surface area contributed by atoms with E-state index in [0.29, 0.717) is 23.7 Å². The van der Waals surface area contributed by atoms with Crippen molar-refractivity contribution in [1.82, 2.24) is 9.88 Å². The Balaban J connectivity index is 1.57. The molecule has 8 nitrogen and oxygen atoms in total. The van der Waals surface area contributed by atoms with E-state index in [4.69, 9.17) is 4.74 Å². The van der Waals surface area contributed by atoms with Crippen LogP contribution >= 0.6 is 0 Å². The second kappa shape index (κ2) is 6.22. The van der Waals surface area contributed by atoms with E-state index in [0.717, 1.165) is 31.0 Å². The largest absolute Gasteiger partial charge is 0.469 e. The van der Waals surface area contributed by atoms with Crippen LogP contribution in [0.4, 0.5) is 11.5 Å². The molecule has 3 heterocycles. The molecule has 140 valence electrons. The van der Waals surface area contributed by atoms with Crippen molar-refractivity contribution in [1.29, 1.82) is 0 Å². The van der Waals surface area contributed by atoms with Gasteiger partial charge in [-0.2, -0.15) is 0 Å². The number of anilines is 2. The molecule has 0 spiro atoms. The van der Waals surface area contributed by atoms with Gasteiger partial charge < -0.3 is 14.6 Å². The molecule has 0 saturated carbocycles. The van der Waals surface area contributed by atoms with Crippen LogP contribution in [0.15, 0.2) is 35.5 Å². The van der Waals surface area contributed by atoms with E-state index in [-0.39, 0.29) is 5.91 Å². The SMILES string of the molecule is CC(C)(C(=O)N=O)c1ccc(N2COc3cc(C(=O)N4CCC4)[nH]c32)cc1. The Morgan fingerprint density at radius 2 is 1.89 bits per heavy atom. The van der Waals surface area contributed by atoms with Crippen LogP contribution in [0.3, 0.4) is 0 Å². The van der Waals surface area contributed by atoms with E-state index in [1.165, 1.54) is 0 Å². The zero-order valence-electron chi connectivity index (χ0n) is 15.2. The smallest absolute Gasteiger partial charge is 0.296 e. The summed E-state index contributed by atoms with van der Waals surface area (Å²) in [6.45, 7) is 5.25. The number of carbonyl (C=O) groups excluding carboxylic acids is 2. The van der Waals surface area contributed by atoms with Gasteiger partial charge in [0, 0.05) is 30.0 Å². The summed E-state index contributed by atoms with van der Waals surface area (Å²) in [5.41, 5.74) is 1.10. The third-order valence-electron chi connectivity index (χ3n) is 5.27. The average molecular weight is 368 g/mol. The quantitative estimate of drug-likeness (QED) is 0.837. The molecule has 1 N–H and O–H groups in total. The van der Waals surface area contributed by atoms with Gasteiger partial charge in [-0.1, -0.05) is 12.1 Å². The first kappa shape index (κ1) is 17.3. The van der Waals surface area contributed by atoms with Crippen LogP contribution in [0.1, 0.15) is 36.3 Å². The molecule has 2 aromatic rings. The van der Waals surface area contributed by atoms with Crippen molar-refractivity contribution in [2.45, 2.75) is 25.7 Å². The Morgan fingerprint density at radius 1 is 1.19 bits per heavy atom. The summed E-state index contributed by atoms with van der Waals surface area (Å²) in [5, 5.41) is 2.55. The molecule has 1 fully saturated rings. The normalized spacial score (nSPS) is 15.8. The van der Waals surface area contributed by atoms with Crippen molar-refractivity contribution in [2.24, 2.45) is 5.18 Å². The van der Waals surface area contributed by atoms with Gasteiger partial charge in [0.05, 0.1) is 5.41 Å². The molecule has 4 rings (SSSR count). The van der Waals surface area contributed by atoms with E-state index in [1.54, 1.807) is 36.9 Å². The van der Waals surface area contributed by atoms with Crippen molar-refractivity contribution in [3.8, 4) is 5.75 Å². The molecular weight excluding hydrogens is 348 g/mol. The van der Waals surface area contributed by atoms with Crippen LogP contribution in [0.5, 0.6) is 5.75 Å². The number of nitrogens with one attached hydrogen (secondary N) is 1. The van der Waals surface area contributed by atoms with Gasteiger partial charge in [-0.05, 0) is 38.0 Å². The van der Waals surface area contributed by atoms with Gasteiger partial charge >= 0.3 is 0 Å². The molecule has 8 heteroatoms. The van der Waals surface area contributed by atoms with E-state index in [9.17, 15) is 14.5 Å². The highest BCUT2D eigenvalue weighted by Crippen LogP contribution is 2.40. The van der Waals surface area contributed by atoms with E-state index >= 15 is 0 Å². The summed E-state index contributed by atoms with van der Waals surface area (Å²) in [6, 6.07) is 9.04. The number of nitroso groups, excluding NO2 is 1. The van der Waals surface area contributed by atoms with Crippen molar-refractivity contribution in [3.63, 3.8) is 0 Å². The predicted octanol–water partition coefficient (Wildman–Crippen LogP) is 2.92. The molecule has 0 radical (unpaired) electrons. The summed E-state index contributed by atoms with van der Waals surface area (Å²) in [6.07, 6.45) is 1.04. The molecule has 2 amide bonds. The molecular formula is C19H20N4O4. The summed E-state index contributed by atoms with van der Waals surface area (Å²) in [7, 11) is 0. The molecule has 0 unspecified atom stereocenters. The number of benzene rings is 1. The predicted molar refractivity (Wildman–Crippen MR) is 99.2 cm³/mol. The lowest BCUT2D eigenvalue weighted by Crippen LogP contribution is -2.42. The highest BCUT2D eigenvalue weighted by molar-refractivity contribution is 5.95. The van der Waals surface area contributed by atoms with Gasteiger partial charge in [0.15, 0.2) is 18.3 Å². The molecule has 0 bridgehead atoms. The Labute approximate surface area is 156 Å². The monoisotopic (exact) mass is 368 g/mol. The average Bonchev–Trinajstić information content (AvgIpc) is 3.20. The lowest BCUT2D eigenvalue weighted by Gasteiger charge is -2.30. The molecule has 2 aliphatic heterocycles. The number of amides is 2. The summed E-state index contributed by atoms with van der Waals surface area (Å²) < 4.78 is 5.69. The minimum atomic E-state index is -0.976. The fourth-order valence-electron chi connectivity index (χ4n) is 3.24. The number of ether oxygens (including phenoxy) is 1. The Bertz CT molecular complexity index is 912. The first-order chi connectivity index (χ1) is 12.9. The Morgan fingerprint density at radius 3 is 2.48 bits per heavy atom. The topological polar surface area (TPSA) is 95.1 Å². The highest BCUT2D eigenvalue weighted by Gasteiger charge is 2.32. The third kappa shape index (κ3) is 2.77. The second-order valence-electron chi connectivity index (χ2n) is 7.31. The van der Waals surface area contributed by atoms with Crippen LogP contribution in [0.2, 0.25) is 0 Å². The van der Waals surface area contributed by atoms with Gasteiger partial charge in [0.25, 0.3) is 11.8 Å². The van der Waals surface area contributed by atoms with Crippen molar-refractivity contribution in [2.75, 3.05) is 24.7 Å². The van der Waals surface area contributed by atoms with Crippen LogP contribution in [-0.4, -0.2) is 41.5 Å². The third-order valence-corrected chi connectivity index (χ3v) is 5.27. The second-order valence-corrected chi connectivity index (χ2v) is 7.31. The van der Waals surface area contributed by atoms with Crippen LogP contribution < -0.4 is 9.64 Å². The molecule has 1 aromatic heterocycles. The van der Waals surface area contributed by atoms with Gasteiger partial charge in [0.1, 0.15) is 5.69 Å².